The van der Waals surface area contributed by atoms with Gasteiger partial charge in [0.2, 0.25) is 0 Å². The summed E-state index contributed by atoms with van der Waals surface area (Å²) in [5.41, 5.74) is 0.864. The van der Waals surface area contributed by atoms with E-state index in [4.69, 9.17) is 9.47 Å². The molecular weight excluding hydrogens is 310 g/mol. The predicted molar refractivity (Wildman–Crippen MR) is 90.7 cm³/mol. The summed E-state index contributed by atoms with van der Waals surface area (Å²) in [6, 6.07) is 3.35. The van der Waals surface area contributed by atoms with E-state index in [9.17, 15) is 10.1 Å². The maximum atomic E-state index is 11.7. The van der Waals surface area contributed by atoms with E-state index in [1.165, 1.54) is 26.0 Å². The number of benzene rings is 1. The SMILES string of the molecule is COc1cc([C@H](CC2CC2)N2CCNCC2)c([N+](=O)[O-])cc1OC. The van der Waals surface area contributed by atoms with E-state index < -0.39 is 0 Å². The van der Waals surface area contributed by atoms with Gasteiger partial charge >= 0.3 is 0 Å². The molecule has 0 spiro atoms. The molecular formula is C17H25N3O4. The van der Waals surface area contributed by atoms with Gasteiger partial charge in [-0.3, -0.25) is 15.0 Å². The van der Waals surface area contributed by atoms with Crippen molar-refractivity contribution in [3.05, 3.63) is 27.8 Å². The number of nitrogens with zero attached hydrogens (tertiary/aromatic N) is 2. The summed E-state index contributed by atoms with van der Waals surface area (Å²) < 4.78 is 10.6. The molecule has 7 heteroatoms. The van der Waals surface area contributed by atoms with Crippen molar-refractivity contribution in [2.24, 2.45) is 5.92 Å². The van der Waals surface area contributed by atoms with Crippen molar-refractivity contribution in [3.63, 3.8) is 0 Å². The zero-order valence-corrected chi connectivity index (χ0v) is 14.3. The minimum Gasteiger partial charge on any atom is -0.493 e. The molecule has 1 atom stereocenters. The molecule has 7 nitrogen and oxygen atoms in total. The summed E-state index contributed by atoms with van der Waals surface area (Å²) in [4.78, 5) is 13.7. The summed E-state index contributed by atoms with van der Waals surface area (Å²) in [6.45, 7) is 3.65. The summed E-state index contributed by atoms with van der Waals surface area (Å²) in [7, 11) is 3.06. The number of nitro benzene ring substituents is 1. The first-order chi connectivity index (χ1) is 11.6. The van der Waals surface area contributed by atoms with E-state index in [1.807, 2.05) is 0 Å². The smallest absolute Gasteiger partial charge is 0.278 e. The molecule has 1 aliphatic heterocycles. The normalized spacial score (nSPS) is 19.8. The maximum Gasteiger partial charge on any atom is 0.278 e. The number of hydrogen-bond donors (Lipinski definition) is 1. The number of methoxy groups -OCH3 is 2. The molecule has 1 aromatic rings. The van der Waals surface area contributed by atoms with Gasteiger partial charge in [-0.25, -0.2) is 0 Å². The first kappa shape index (κ1) is 17.0. The Morgan fingerprint density at radius 2 is 1.88 bits per heavy atom. The van der Waals surface area contributed by atoms with Crippen molar-refractivity contribution in [2.45, 2.75) is 25.3 Å². The molecule has 2 aliphatic rings. The number of piperazine rings is 1. The van der Waals surface area contributed by atoms with Crippen LogP contribution in [0, 0.1) is 16.0 Å². The van der Waals surface area contributed by atoms with Crippen molar-refractivity contribution in [3.8, 4) is 11.5 Å². The third-order valence-corrected chi connectivity index (χ3v) is 4.93. The van der Waals surface area contributed by atoms with Gasteiger partial charge in [-0.15, -0.1) is 0 Å². The molecule has 1 saturated carbocycles. The number of rotatable bonds is 7. The average Bonchev–Trinajstić information content (AvgIpc) is 3.43. The fraction of sp³-hybridized carbons (Fsp3) is 0.647. The highest BCUT2D eigenvalue weighted by atomic mass is 16.6. The zero-order chi connectivity index (χ0) is 17.1. The Bertz CT molecular complexity index is 598. The molecule has 1 saturated heterocycles. The Morgan fingerprint density at radius 3 is 2.42 bits per heavy atom. The molecule has 2 fully saturated rings. The van der Waals surface area contributed by atoms with Crippen molar-refractivity contribution < 1.29 is 14.4 Å². The second kappa shape index (κ2) is 7.36. The molecule has 1 N–H and O–H groups in total. The lowest BCUT2D eigenvalue weighted by molar-refractivity contribution is -0.386. The number of ether oxygens (including phenoxy) is 2. The van der Waals surface area contributed by atoms with Crippen LogP contribution in [-0.2, 0) is 0 Å². The van der Waals surface area contributed by atoms with Gasteiger partial charge in [-0.1, -0.05) is 12.8 Å². The fourth-order valence-corrected chi connectivity index (χ4v) is 3.44. The van der Waals surface area contributed by atoms with Gasteiger partial charge in [-0.05, 0) is 18.4 Å². The summed E-state index contributed by atoms with van der Waals surface area (Å²) in [5.74, 6) is 1.63. The summed E-state index contributed by atoms with van der Waals surface area (Å²) in [6.07, 6.45) is 3.42. The van der Waals surface area contributed by atoms with Gasteiger partial charge in [0.1, 0.15) is 0 Å². The highest BCUT2D eigenvalue weighted by Gasteiger charge is 2.35. The number of hydrogen-bond acceptors (Lipinski definition) is 6. The Hall–Kier alpha value is -1.86. The van der Waals surface area contributed by atoms with Gasteiger partial charge in [0, 0.05) is 32.2 Å². The van der Waals surface area contributed by atoms with Crippen LogP contribution >= 0.6 is 0 Å². The molecule has 24 heavy (non-hydrogen) atoms. The van der Waals surface area contributed by atoms with Gasteiger partial charge in [0.05, 0.1) is 30.8 Å². The van der Waals surface area contributed by atoms with E-state index in [0.29, 0.717) is 17.4 Å². The quantitative estimate of drug-likeness (QED) is 0.609. The Labute approximate surface area is 142 Å². The van der Waals surface area contributed by atoms with Crippen LogP contribution in [0.1, 0.15) is 30.9 Å². The lowest BCUT2D eigenvalue weighted by atomic mass is 9.96. The van der Waals surface area contributed by atoms with Crippen molar-refractivity contribution >= 4 is 5.69 Å². The van der Waals surface area contributed by atoms with Crippen molar-refractivity contribution in [2.75, 3.05) is 40.4 Å². The minimum absolute atomic E-state index is 0.0554. The third kappa shape index (κ3) is 3.62. The predicted octanol–water partition coefficient (Wildman–Crippen LogP) is 2.36. The van der Waals surface area contributed by atoms with E-state index in [2.05, 4.69) is 10.2 Å². The molecule has 1 aromatic carbocycles. The maximum absolute atomic E-state index is 11.7. The highest BCUT2D eigenvalue weighted by molar-refractivity contribution is 5.55. The van der Waals surface area contributed by atoms with Crippen LogP contribution in [-0.4, -0.2) is 50.2 Å². The molecule has 1 heterocycles. The molecule has 0 amide bonds. The molecule has 132 valence electrons. The average molecular weight is 335 g/mol. The number of nitrogens with one attached hydrogen (secondary N) is 1. The first-order valence-corrected chi connectivity index (χ1v) is 8.49. The van der Waals surface area contributed by atoms with Crippen LogP contribution in [0.25, 0.3) is 0 Å². The van der Waals surface area contributed by atoms with Crippen LogP contribution in [0.5, 0.6) is 11.5 Å². The van der Waals surface area contributed by atoms with Crippen LogP contribution in [0.4, 0.5) is 5.69 Å². The first-order valence-electron chi connectivity index (χ1n) is 8.49. The Morgan fingerprint density at radius 1 is 1.25 bits per heavy atom. The van der Waals surface area contributed by atoms with Crippen LogP contribution in [0.3, 0.4) is 0 Å². The van der Waals surface area contributed by atoms with Crippen molar-refractivity contribution in [1.82, 2.24) is 10.2 Å². The monoisotopic (exact) mass is 335 g/mol. The topological polar surface area (TPSA) is 76.9 Å². The van der Waals surface area contributed by atoms with E-state index in [-0.39, 0.29) is 16.7 Å². The zero-order valence-electron chi connectivity index (χ0n) is 14.3. The van der Waals surface area contributed by atoms with Crippen LogP contribution < -0.4 is 14.8 Å². The Balaban J connectivity index is 2.01. The number of nitro groups is 1. The fourth-order valence-electron chi connectivity index (χ4n) is 3.44. The van der Waals surface area contributed by atoms with Crippen LogP contribution in [0.15, 0.2) is 12.1 Å². The largest absolute Gasteiger partial charge is 0.493 e. The summed E-state index contributed by atoms with van der Waals surface area (Å²) >= 11 is 0. The van der Waals surface area contributed by atoms with Gasteiger partial charge < -0.3 is 14.8 Å². The van der Waals surface area contributed by atoms with E-state index in [0.717, 1.165) is 38.2 Å². The third-order valence-electron chi connectivity index (χ3n) is 4.93. The molecule has 0 radical (unpaired) electrons. The highest BCUT2D eigenvalue weighted by Crippen LogP contribution is 2.45. The van der Waals surface area contributed by atoms with Gasteiger partial charge in [-0.2, -0.15) is 0 Å². The standard InChI is InChI=1S/C17H25N3O4/c1-23-16-10-13(15(20(21)22)11-17(16)24-2)14(9-12-3-4-12)19-7-5-18-6-8-19/h10-12,14,18H,3-9H2,1-2H3/t14-/m0/s1. The van der Waals surface area contributed by atoms with Crippen LogP contribution in [0.2, 0.25) is 0 Å². The molecule has 0 aromatic heterocycles. The Kier molecular flexibility index (Phi) is 5.20. The lowest BCUT2D eigenvalue weighted by Gasteiger charge is -2.35. The van der Waals surface area contributed by atoms with E-state index >= 15 is 0 Å². The minimum atomic E-state index is -0.306. The van der Waals surface area contributed by atoms with Gasteiger partial charge in [0.15, 0.2) is 11.5 Å². The molecule has 0 unspecified atom stereocenters. The summed E-state index contributed by atoms with van der Waals surface area (Å²) in [5, 5.41) is 15.0. The molecule has 3 rings (SSSR count). The van der Waals surface area contributed by atoms with Gasteiger partial charge in [0.25, 0.3) is 5.69 Å². The second-order valence-corrected chi connectivity index (χ2v) is 6.50. The lowest BCUT2D eigenvalue weighted by Crippen LogP contribution is -2.45. The van der Waals surface area contributed by atoms with E-state index in [1.54, 1.807) is 13.2 Å². The molecule has 0 bridgehead atoms. The second-order valence-electron chi connectivity index (χ2n) is 6.50. The molecule has 1 aliphatic carbocycles. The van der Waals surface area contributed by atoms with Crippen molar-refractivity contribution in [1.29, 1.82) is 0 Å².